The number of carbonyl (C=O) groups is 1. The first-order valence-corrected chi connectivity index (χ1v) is 7.43. The first-order valence-electron chi connectivity index (χ1n) is 7.43. The molecular formula is C16H16F3N3O2. The molecule has 3 rings (SSSR count). The topological polar surface area (TPSA) is 47.4 Å². The van der Waals surface area contributed by atoms with E-state index >= 15 is 0 Å². The zero-order valence-electron chi connectivity index (χ0n) is 13.0. The van der Waals surface area contributed by atoms with Crippen LogP contribution in [0.1, 0.15) is 6.42 Å². The average molecular weight is 339 g/mol. The van der Waals surface area contributed by atoms with Crippen LogP contribution >= 0.6 is 0 Å². The number of carbonyl (C=O) groups excluding carboxylic acids is 1. The smallest absolute Gasteiger partial charge is 0.406 e. The number of amides is 1. The van der Waals surface area contributed by atoms with Gasteiger partial charge in [0.1, 0.15) is 11.6 Å². The van der Waals surface area contributed by atoms with Gasteiger partial charge in [-0.25, -0.2) is 4.98 Å². The fourth-order valence-electron chi connectivity index (χ4n) is 2.91. The van der Waals surface area contributed by atoms with Gasteiger partial charge in [-0.3, -0.25) is 4.79 Å². The van der Waals surface area contributed by atoms with Gasteiger partial charge in [0.2, 0.25) is 5.91 Å². The number of likely N-dealkylation sites (tertiary alicyclic amines) is 1. The predicted octanol–water partition coefficient (Wildman–Crippen LogP) is 2.93. The lowest BCUT2D eigenvalue weighted by molar-refractivity contribution is -0.274. The van der Waals surface area contributed by atoms with Gasteiger partial charge in [-0.05, 0) is 12.1 Å². The minimum absolute atomic E-state index is 0.0993. The van der Waals surface area contributed by atoms with E-state index in [-0.39, 0.29) is 17.6 Å². The molecule has 2 heterocycles. The van der Waals surface area contributed by atoms with Crippen molar-refractivity contribution in [2.75, 3.05) is 13.6 Å². The summed E-state index contributed by atoms with van der Waals surface area (Å²) in [7, 11) is 1.76. The summed E-state index contributed by atoms with van der Waals surface area (Å²) < 4.78 is 42.9. The molecule has 5 nitrogen and oxygen atoms in total. The number of alkyl halides is 3. The van der Waals surface area contributed by atoms with E-state index in [2.05, 4.69) is 9.72 Å². The van der Waals surface area contributed by atoms with Gasteiger partial charge in [-0.15, -0.1) is 13.2 Å². The molecule has 1 amide bonds. The summed E-state index contributed by atoms with van der Waals surface area (Å²) in [6, 6.07) is 5.71. The number of aromatic nitrogens is 2. The fourth-order valence-corrected chi connectivity index (χ4v) is 2.91. The van der Waals surface area contributed by atoms with Crippen LogP contribution in [-0.2, 0) is 11.3 Å². The number of rotatable bonds is 4. The Balaban J connectivity index is 1.80. The van der Waals surface area contributed by atoms with Gasteiger partial charge < -0.3 is 14.2 Å². The van der Waals surface area contributed by atoms with Crippen LogP contribution < -0.4 is 4.74 Å². The quantitative estimate of drug-likeness (QED) is 0.860. The van der Waals surface area contributed by atoms with Gasteiger partial charge in [-0.2, -0.15) is 0 Å². The Morgan fingerprint density at radius 3 is 2.83 bits per heavy atom. The highest BCUT2D eigenvalue weighted by molar-refractivity contribution is 5.78. The van der Waals surface area contributed by atoms with Crippen LogP contribution in [0.15, 0.2) is 36.7 Å². The van der Waals surface area contributed by atoms with E-state index in [4.69, 9.17) is 0 Å². The maximum atomic E-state index is 12.4. The molecule has 0 spiro atoms. The van der Waals surface area contributed by atoms with E-state index in [0.29, 0.717) is 30.9 Å². The van der Waals surface area contributed by atoms with E-state index in [1.54, 1.807) is 30.4 Å². The molecule has 2 aromatic rings. The summed E-state index contributed by atoms with van der Waals surface area (Å²) in [5, 5.41) is 0. The first kappa shape index (κ1) is 16.4. The molecule has 0 radical (unpaired) electrons. The van der Waals surface area contributed by atoms with Crippen molar-refractivity contribution in [1.29, 1.82) is 0 Å². The van der Waals surface area contributed by atoms with E-state index in [0.717, 1.165) is 0 Å². The van der Waals surface area contributed by atoms with Gasteiger partial charge in [0.15, 0.2) is 0 Å². The van der Waals surface area contributed by atoms with Crippen LogP contribution in [0.2, 0.25) is 0 Å². The van der Waals surface area contributed by atoms with Crippen molar-refractivity contribution < 1.29 is 22.7 Å². The molecule has 1 aliphatic rings. The van der Waals surface area contributed by atoms with Crippen LogP contribution in [-0.4, -0.2) is 40.3 Å². The molecule has 1 aromatic carbocycles. The molecule has 1 aliphatic heterocycles. The molecule has 24 heavy (non-hydrogen) atoms. The predicted molar refractivity (Wildman–Crippen MR) is 80.1 cm³/mol. The van der Waals surface area contributed by atoms with E-state index < -0.39 is 6.36 Å². The molecule has 0 saturated carbocycles. The summed E-state index contributed by atoms with van der Waals surface area (Å²) in [4.78, 5) is 17.5. The number of hydrogen-bond acceptors (Lipinski definition) is 3. The molecule has 128 valence electrons. The standard InChI is InChI=1S/C16H16F3N3O2/c1-21-9-11(7-14(21)23)10-22-6-5-20-15(22)12-3-2-4-13(8-12)24-16(17,18)19/h2-6,8,11H,7,9-10H2,1H3. The second-order valence-corrected chi connectivity index (χ2v) is 5.82. The number of nitrogens with zero attached hydrogens (tertiary/aromatic N) is 3. The first-order chi connectivity index (χ1) is 11.3. The van der Waals surface area contributed by atoms with Gasteiger partial charge in [0, 0.05) is 50.4 Å². The maximum Gasteiger partial charge on any atom is 0.573 e. The Labute approximate surface area is 136 Å². The molecule has 1 saturated heterocycles. The molecule has 0 N–H and O–H groups in total. The molecular weight excluding hydrogens is 323 g/mol. The molecule has 0 aliphatic carbocycles. The molecule has 8 heteroatoms. The Kier molecular flexibility index (Phi) is 4.21. The number of ether oxygens (including phenoxy) is 1. The summed E-state index contributed by atoms with van der Waals surface area (Å²) >= 11 is 0. The third-order valence-electron chi connectivity index (χ3n) is 3.92. The lowest BCUT2D eigenvalue weighted by Gasteiger charge is -2.14. The summed E-state index contributed by atoms with van der Waals surface area (Å²) in [5.41, 5.74) is 0.527. The van der Waals surface area contributed by atoms with E-state index in [1.807, 2.05) is 4.57 Å². The molecule has 1 fully saturated rings. The number of benzene rings is 1. The van der Waals surface area contributed by atoms with Gasteiger partial charge in [-0.1, -0.05) is 12.1 Å². The van der Waals surface area contributed by atoms with Crippen LogP contribution in [0.4, 0.5) is 13.2 Å². The molecule has 0 bridgehead atoms. The van der Waals surface area contributed by atoms with Crippen molar-refractivity contribution in [3.63, 3.8) is 0 Å². The van der Waals surface area contributed by atoms with Crippen LogP contribution in [0.5, 0.6) is 5.75 Å². The van der Waals surface area contributed by atoms with E-state index in [9.17, 15) is 18.0 Å². The van der Waals surface area contributed by atoms with Crippen molar-refractivity contribution in [2.45, 2.75) is 19.3 Å². The fraction of sp³-hybridized carbons (Fsp3) is 0.375. The van der Waals surface area contributed by atoms with Gasteiger partial charge >= 0.3 is 6.36 Å². The normalized spacial score (nSPS) is 18.2. The minimum atomic E-state index is -4.73. The van der Waals surface area contributed by atoms with Crippen molar-refractivity contribution in [1.82, 2.24) is 14.5 Å². The molecule has 1 atom stereocenters. The largest absolute Gasteiger partial charge is 0.573 e. The zero-order chi connectivity index (χ0) is 17.3. The van der Waals surface area contributed by atoms with Crippen molar-refractivity contribution in [2.24, 2.45) is 5.92 Å². The maximum absolute atomic E-state index is 12.4. The molecule has 1 unspecified atom stereocenters. The monoisotopic (exact) mass is 339 g/mol. The summed E-state index contributed by atoms with van der Waals surface area (Å²) in [5.74, 6) is 0.516. The van der Waals surface area contributed by atoms with Crippen molar-refractivity contribution >= 4 is 5.91 Å². The summed E-state index contributed by atoms with van der Waals surface area (Å²) in [6.07, 6.45) is -0.920. The summed E-state index contributed by atoms with van der Waals surface area (Å²) in [6.45, 7) is 1.24. The van der Waals surface area contributed by atoms with Crippen molar-refractivity contribution in [3.05, 3.63) is 36.7 Å². The molecule has 1 aromatic heterocycles. The second-order valence-electron chi connectivity index (χ2n) is 5.82. The highest BCUT2D eigenvalue weighted by Crippen LogP contribution is 2.28. The highest BCUT2D eigenvalue weighted by atomic mass is 19.4. The highest BCUT2D eigenvalue weighted by Gasteiger charge is 2.31. The van der Waals surface area contributed by atoms with E-state index in [1.165, 1.54) is 18.2 Å². The van der Waals surface area contributed by atoms with Gasteiger partial charge in [0.25, 0.3) is 0 Å². The third kappa shape index (κ3) is 3.69. The Morgan fingerprint density at radius 2 is 2.17 bits per heavy atom. The average Bonchev–Trinajstić information content (AvgIpc) is 3.05. The number of hydrogen-bond donors (Lipinski definition) is 0. The Hall–Kier alpha value is -2.51. The Bertz CT molecular complexity index is 742. The third-order valence-corrected chi connectivity index (χ3v) is 3.92. The lowest BCUT2D eigenvalue weighted by Crippen LogP contribution is -2.20. The number of halogens is 3. The van der Waals surface area contributed by atoms with Crippen LogP contribution in [0.25, 0.3) is 11.4 Å². The van der Waals surface area contributed by atoms with Crippen LogP contribution in [0, 0.1) is 5.92 Å². The minimum Gasteiger partial charge on any atom is -0.406 e. The number of imidazole rings is 1. The van der Waals surface area contributed by atoms with Gasteiger partial charge in [0.05, 0.1) is 0 Å². The SMILES string of the molecule is CN1CC(Cn2ccnc2-c2cccc(OC(F)(F)F)c2)CC1=O. The second kappa shape index (κ2) is 6.18. The lowest BCUT2D eigenvalue weighted by atomic mass is 10.1. The van der Waals surface area contributed by atoms with Crippen LogP contribution in [0.3, 0.4) is 0 Å². The Morgan fingerprint density at radius 1 is 1.38 bits per heavy atom. The van der Waals surface area contributed by atoms with Crippen molar-refractivity contribution in [3.8, 4) is 17.1 Å². The zero-order valence-corrected chi connectivity index (χ0v) is 13.0.